The van der Waals surface area contributed by atoms with Gasteiger partial charge in [-0.3, -0.25) is 4.79 Å². The van der Waals surface area contributed by atoms with E-state index in [2.05, 4.69) is 51.3 Å². The summed E-state index contributed by atoms with van der Waals surface area (Å²) in [5, 5.41) is 9.45. The van der Waals surface area contributed by atoms with Crippen LogP contribution in [0.1, 0.15) is 102 Å². The molecule has 204 valence electrons. The number of carbonyl (C=O) groups excluding carboxylic acids is 1. The lowest BCUT2D eigenvalue weighted by atomic mass is 9.69. The number of hydrogen-bond acceptors (Lipinski definition) is 5. The first-order chi connectivity index (χ1) is 17.3. The van der Waals surface area contributed by atoms with E-state index < -0.39 is 11.6 Å². The van der Waals surface area contributed by atoms with Crippen molar-refractivity contribution in [2.75, 3.05) is 26.3 Å². The molecule has 1 saturated carbocycles. The molecule has 3 aliphatic rings. The summed E-state index contributed by atoms with van der Waals surface area (Å²) in [6, 6.07) is 6.95. The van der Waals surface area contributed by atoms with E-state index in [0.717, 1.165) is 44.1 Å². The number of benzene rings is 1. The number of carboxylic acid groups (broad SMARTS) is 1. The summed E-state index contributed by atoms with van der Waals surface area (Å²) in [5.74, 6) is 0.253. The third kappa shape index (κ3) is 6.02. The average Bonchev–Trinajstić information content (AvgIpc) is 3.11. The zero-order valence-corrected chi connectivity index (χ0v) is 23.5. The Labute approximate surface area is 222 Å². The fraction of sp³-hybridized carbons (Fsp3) is 0.700. The number of amides is 1. The van der Waals surface area contributed by atoms with Crippen molar-refractivity contribution in [1.82, 2.24) is 9.80 Å². The Morgan fingerprint density at radius 3 is 2.19 bits per heavy atom. The molecule has 2 aliphatic heterocycles. The second kappa shape index (κ2) is 10.4. The lowest BCUT2D eigenvalue weighted by Crippen LogP contribution is -2.52. The van der Waals surface area contributed by atoms with Crippen LogP contribution < -0.4 is 0 Å². The van der Waals surface area contributed by atoms with Gasteiger partial charge in [0.15, 0.2) is 5.84 Å². The van der Waals surface area contributed by atoms with Crippen LogP contribution in [0.25, 0.3) is 0 Å². The van der Waals surface area contributed by atoms with Gasteiger partial charge < -0.3 is 19.6 Å². The lowest BCUT2D eigenvalue weighted by Gasteiger charge is -2.47. The predicted molar refractivity (Wildman–Crippen MR) is 146 cm³/mol. The number of hydrogen-bond donors (Lipinski definition) is 1. The van der Waals surface area contributed by atoms with E-state index in [-0.39, 0.29) is 28.3 Å². The largest absolute Gasteiger partial charge is 0.478 e. The molecule has 1 N–H and O–H groups in total. The van der Waals surface area contributed by atoms with Gasteiger partial charge in [0.2, 0.25) is 0 Å². The number of aromatic carboxylic acids is 1. The van der Waals surface area contributed by atoms with Gasteiger partial charge in [-0.25, -0.2) is 9.79 Å². The lowest BCUT2D eigenvalue weighted by molar-refractivity contribution is -0.134. The highest BCUT2D eigenvalue weighted by Gasteiger charge is 2.53. The normalized spacial score (nSPS) is 25.9. The second-order valence-electron chi connectivity index (χ2n) is 13.4. The maximum absolute atomic E-state index is 14.3. The van der Waals surface area contributed by atoms with Gasteiger partial charge in [0.25, 0.3) is 5.91 Å². The monoisotopic (exact) mass is 511 g/mol. The first kappa shape index (κ1) is 27.6. The molecule has 1 aliphatic carbocycles. The number of carboxylic acids is 1. The second-order valence-corrected chi connectivity index (χ2v) is 13.4. The van der Waals surface area contributed by atoms with E-state index in [4.69, 9.17) is 9.73 Å². The van der Waals surface area contributed by atoms with E-state index in [0.29, 0.717) is 38.1 Å². The molecular formula is C30H45N3O4. The Hall–Kier alpha value is -2.41. The van der Waals surface area contributed by atoms with E-state index in [1.807, 2.05) is 12.1 Å². The van der Waals surface area contributed by atoms with Gasteiger partial charge in [-0.2, -0.15) is 0 Å². The third-order valence-corrected chi connectivity index (χ3v) is 8.52. The van der Waals surface area contributed by atoms with E-state index in [9.17, 15) is 14.7 Å². The average molecular weight is 512 g/mol. The van der Waals surface area contributed by atoms with Gasteiger partial charge in [0.1, 0.15) is 5.66 Å². The summed E-state index contributed by atoms with van der Waals surface area (Å²) in [5.41, 5.74) is 1.02. The zero-order chi connectivity index (χ0) is 27.0. The van der Waals surface area contributed by atoms with Crippen LogP contribution in [-0.2, 0) is 9.53 Å². The van der Waals surface area contributed by atoms with Crippen LogP contribution in [-0.4, -0.2) is 64.6 Å². The first-order valence-corrected chi connectivity index (χ1v) is 13.9. The highest BCUT2D eigenvalue weighted by molar-refractivity contribution is 6.39. The van der Waals surface area contributed by atoms with Crippen LogP contribution in [0.5, 0.6) is 0 Å². The van der Waals surface area contributed by atoms with Crippen molar-refractivity contribution < 1.29 is 19.4 Å². The summed E-state index contributed by atoms with van der Waals surface area (Å²) in [6.07, 6.45) is 5.53. The molecule has 4 rings (SSSR count). The van der Waals surface area contributed by atoms with Crippen LogP contribution in [0.4, 0.5) is 0 Å². The molecule has 37 heavy (non-hydrogen) atoms. The maximum atomic E-state index is 14.3. The Kier molecular flexibility index (Phi) is 7.76. The topological polar surface area (TPSA) is 82.4 Å². The summed E-state index contributed by atoms with van der Waals surface area (Å²) < 4.78 is 5.56. The summed E-state index contributed by atoms with van der Waals surface area (Å²) in [7, 11) is 0. The molecule has 1 aromatic carbocycles. The molecule has 1 saturated heterocycles. The van der Waals surface area contributed by atoms with Gasteiger partial charge in [-0.05, 0) is 73.0 Å². The van der Waals surface area contributed by atoms with Gasteiger partial charge in [-0.1, -0.05) is 53.7 Å². The van der Waals surface area contributed by atoms with Crippen LogP contribution in [0.15, 0.2) is 29.3 Å². The van der Waals surface area contributed by atoms with Crippen molar-refractivity contribution in [2.45, 2.75) is 91.8 Å². The van der Waals surface area contributed by atoms with E-state index >= 15 is 0 Å². The minimum atomic E-state index is -0.940. The quantitative estimate of drug-likeness (QED) is 0.544. The van der Waals surface area contributed by atoms with Crippen molar-refractivity contribution >= 4 is 17.7 Å². The number of rotatable bonds is 5. The zero-order valence-electron chi connectivity index (χ0n) is 23.5. The molecule has 0 aromatic heterocycles. The number of ether oxygens (including phenoxy) is 1. The van der Waals surface area contributed by atoms with Crippen molar-refractivity contribution in [1.29, 1.82) is 0 Å². The van der Waals surface area contributed by atoms with Gasteiger partial charge >= 0.3 is 5.97 Å². The Balaban J connectivity index is 1.74. The standard InChI is InChI=1S/C30H45N3O4/c1-28(2,3)14-13-24(21-7-9-22(10-8-21)27(35)36)33-26(34)25(32-17-19-37-20-18-32)31-30(33)15-11-23(12-16-30)29(4,5)6/h7-10,23-24H,11-20H2,1-6H3,(H,35,36)/t23?,24-,30?/m1/s1. The van der Waals surface area contributed by atoms with Crippen LogP contribution in [0, 0.1) is 16.7 Å². The predicted octanol–water partition coefficient (Wildman–Crippen LogP) is 5.76. The third-order valence-electron chi connectivity index (χ3n) is 8.52. The summed E-state index contributed by atoms with van der Waals surface area (Å²) in [4.78, 5) is 35.3. The van der Waals surface area contributed by atoms with E-state index in [1.165, 1.54) is 0 Å². The minimum Gasteiger partial charge on any atom is -0.478 e. The smallest absolute Gasteiger partial charge is 0.335 e. The number of nitrogens with zero attached hydrogens (tertiary/aromatic N) is 3. The molecule has 2 fully saturated rings. The molecule has 7 nitrogen and oxygen atoms in total. The number of aliphatic imine (C=N–C) groups is 1. The molecule has 2 heterocycles. The SMILES string of the molecule is CC(C)(C)CC[C@H](c1ccc(C(=O)O)cc1)N1C(=O)C(N2CCOCC2)=NC12CCC(C(C)(C)C)CC2. The van der Waals surface area contributed by atoms with Gasteiger partial charge in [0, 0.05) is 13.1 Å². The molecular weight excluding hydrogens is 466 g/mol. The minimum absolute atomic E-state index is 0.0114. The Morgan fingerprint density at radius 1 is 1.08 bits per heavy atom. The van der Waals surface area contributed by atoms with Crippen molar-refractivity contribution in [3.05, 3.63) is 35.4 Å². The Morgan fingerprint density at radius 2 is 1.68 bits per heavy atom. The number of amidine groups is 1. The number of carbonyl (C=O) groups is 2. The van der Waals surface area contributed by atoms with Crippen LogP contribution >= 0.6 is 0 Å². The molecule has 1 spiro atoms. The Bertz CT molecular complexity index is 1000. The highest BCUT2D eigenvalue weighted by Crippen LogP contribution is 2.50. The molecule has 0 unspecified atom stereocenters. The first-order valence-electron chi connectivity index (χ1n) is 13.9. The molecule has 1 aromatic rings. The molecule has 7 heteroatoms. The van der Waals surface area contributed by atoms with Gasteiger partial charge in [-0.15, -0.1) is 0 Å². The molecule has 1 amide bonds. The fourth-order valence-electron chi connectivity index (χ4n) is 6.17. The van der Waals surface area contributed by atoms with Gasteiger partial charge in [0.05, 0.1) is 24.8 Å². The van der Waals surface area contributed by atoms with Crippen molar-refractivity contribution in [3.8, 4) is 0 Å². The number of morpholine rings is 1. The summed E-state index contributed by atoms with van der Waals surface area (Å²) in [6.45, 7) is 16.2. The van der Waals surface area contributed by atoms with Crippen LogP contribution in [0.2, 0.25) is 0 Å². The van der Waals surface area contributed by atoms with Crippen molar-refractivity contribution in [3.63, 3.8) is 0 Å². The van der Waals surface area contributed by atoms with Crippen molar-refractivity contribution in [2.24, 2.45) is 21.7 Å². The summed E-state index contributed by atoms with van der Waals surface area (Å²) >= 11 is 0. The highest BCUT2D eigenvalue weighted by atomic mass is 16.5. The molecule has 0 radical (unpaired) electrons. The molecule has 0 bridgehead atoms. The van der Waals surface area contributed by atoms with Crippen LogP contribution in [0.3, 0.4) is 0 Å². The molecule has 1 atom stereocenters. The van der Waals surface area contributed by atoms with E-state index in [1.54, 1.807) is 12.1 Å². The maximum Gasteiger partial charge on any atom is 0.335 e. The fourth-order valence-corrected chi connectivity index (χ4v) is 6.17.